The van der Waals surface area contributed by atoms with E-state index in [1.807, 2.05) is 61.5 Å². The number of fused-ring (bicyclic) bond motifs is 2. The third kappa shape index (κ3) is 7.24. The molecule has 2 aromatic carbocycles. The summed E-state index contributed by atoms with van der Waals surface area (Å²) in [4.78, 5) is 61.8. The van der Waals surface area contributed by atoms with Gasteiger partial charge in [0.05, 0.1) is 29.5 Å². The molecule has 1 spiro atoms. The number of carbonyl (C=O) groups excluding carboxylic acids is 4. The van der Waals surface area contributed by atoms with Crippen LogP contribution in [0, 0.1) is 11.8 Å². The maximum atomic E-state index is 14.9. The Kier molecular flexibility index (Phi) is 11.7. The number of ether oxygens (including phenoxy) is 2. The van der Waals surface area contributed by atoms with Crippen LogP contribution in [0.5, 0.6) is 0 Å². The fourth-order valence-corrected chi connectivity index (χ4v) is 8.36. The molecule has 1 aromatic heterocycles. The number of benzene rings is 2. The first-order valence-electron chi connectivity index (χ1n) is 18.6. The highest BCUT2D eigenvalue weighted by molar-refractivity contribution is 5.98. The van der Waals surface area contributed by atoms with E-state index in [4.69, 9.17) is 9.47 Å². The van der Waals surface area contributed by atoms with Crippen molar-refractivity contribution in [2.45, 2.75) is 88.4 Å². The van der Waals surface area contributed by atoms with Crippen molar-refractivity contribution in [1.82, 2.24) is 29.7 Å². The second kappa shape index (κ2) is 16.4. The molecule has 0 radical (unpaired) electrons. The molecule has 53 heavy (non-hydrogen) atoms. The summed E-state index contributed by atoms with van der Waals surface area (Å²) < 4.78 is 14.7. The SMILES string of the molecule is C=CCCC(=O)N(C)[C@@H](C)[C@@H](OC(=O)[C@@H]1[C@H]2C(=O)N(CCCCCO)[C@H](C(=O)N(CC=C)Cn3nnc4ccccc43)[C@]23CC[C@H]1O3)c1ccccc1. The number of aromatic nitrogens is 3. The Morgan fingerprint density at radius 1 is 1.09 bits per heavy atom. The molecule has 282 valence electrons. The number of aliphatic hydroxyl groups excluding tert-OH is 1. The van der Waals surface area contributed by atoms with Crippen molar-refractivity contribution >= 4 is 34.7 Å². The van der Waals surface area contributed by atoms with Gasteiger partial charge in [-0.2, -0.15) is 0 Å². The van der Waals surface area contributed by atoms with Crippen molar-refractivity contribution in [1.29, 1.82) is 0 Å². The molecule has 7 atom stereocenters. The minimum absolute atomic E-state index is 0.0244. The van der Waals surface area contributed by atoms with E-state index < -0.39 is 47.7 Å². The monoisotopic (exact) mass is 726 g/mol. The molecular formula is C40H50N6O7. The molecule has 0 unspecified atom stereocenters. The van der Waals surface area contributed by atoms with E-state index in [2.05, 4.69) is 23.5 Å². The molecule has 2 bridgehead atoms. The number of esters is 1. The second-order valence-corrected chi connectivity index (χ2v) is 14.3. The van der Waals surface area contributed by atoms with Crippen LogP contribution in [-0.2, 0) is 35.3 Å². The highest BCUT2D eigenvalue weighted by Gasteiger charge is 2.75. The Morgan fingerprint density at radius 3 is 2.58 bits per heavy atom. The van der Waals surface area contributed by atoms with Gasteiger partial charge in [-0.15, -0.1) is 18.3 Å². The number of hydrogen-bond acceptors (Lipinski definition) is 9. The predicted molar refractivity (Wildman–Crippen MR) is 197 cm³/mol. The zero-order chi connectivity index (χ0) is 37.7. The first-order chi connectivity index (χ1) is 25.7. The van der Waals surface area contributed by atoms with Crippen molar-refractivity contribution in [3.8, 4) is 0 Å². The van der Waals surface area contributed by atoms with Gasteiger partial charge >= 0.3 is 5.97 Å². The molecule has 3 aliphatic rings. The average molecular weight is 727 g/mol. The summed E-state index contributed by atoms with van der Waals surface area (Å²) in [5, 5.41) is 18.0. The van der Waals surface area contributed by atoms with E-state index in [9.17, 15) is 24.3 Å². The molecule has 3 fully saturated rings. The van der Waals surface area contributed by atoms with Crippen LogP contribution in [0.2, 0.25) is 0 Å². The predicted octanol–water partition coefficient (Wildman–Crippen LogP) is 4.04. The Hall–Kier alpha value is -4.88. The number of likely N-dealkylation sites (N-methyl/N-ethyl adjacent to an activating group) is 1. The van der Waals surface area contributed by atoms with Gasteiger partial charge in [-0.05, 0) is 63.1 Å². The Morgan fingerprint density at radius 2 is 1.85 bits per heavy atom. The summed E-state index contributed by atoms with van der Waals surface area (Å²) in [6.45, 7) is 9.99. The Bertz CT molecular complexity index is 1810. The van der Waals surface area contributed by atoms with Crippen molar-refractivity contribution < 1.29 is 33.8 Å². The molecule has 13 nitrogen and oxygen atoms in total. The molecule has 0 saturated carbocycles. The summed E-state index contributed by atoms with van der Waals surface area (Å²) in [5.41, 5.74) is 0.917. The summed E-state index contributed by atoms with van der Waals surface area (Å²) in [5.74, 6) is -3.22. The lowest BCUT2D eigenvalue weighted by Crippen LogP contribution is -2.56. The van der Waals surface area contributed by atoms with Gasteiger partial charge in [-0.3, -0.25) is 19.2 Å². The lowest BCUT2D eigenvalue weighted by Gasteiger charge is -2.37. The minimum Gasteiger partial charge on any atom is -0.455 e. The van der Waals surface area contributed by atoms with E-state index in [1.54, 1.807) is 38.6 Å². The van der Waals surface area contributed by atoms with Crippen LogP contribution in [0.3, 0.4) is 0 Å². The summed E-state index contributed by atoms with van der Waals surface area (Å²) in [6.07, 6.45) is 5.37. The molecule has 1 N–H and O–H groups in total. The van der Waals surface area contributed by atoms with Gasteiger partial charge in [0.25, 0.3) is 0 Å². The third-order valence-electron chi connectivity index (χ3n) is 11.1. The largest absolute Gasteiger partial charge is 0.455 e. The molecule has 13 heteroatoms. The zero-order valence-electron chi connectivity index (χ0n) is 30.6. The third-order valence-corrected chi connectivity index (χ3v) is 11.1. The number of carbonyl (C=O) groups is 4. The molecule has 3 saturated heterocycles. The number of hydrogen-bond donors (Lipinski definition) is 1. The summed E-state index contributed by atoms with van der Waals surface area (Å²) >= 11 is 0. The van der Waals surface area contributed by atoms with Crippen molar-refractivity contribution in [3.63, 3.8) is 0 Å². The van der Waals surface area contributed by atoms with Gasteiger partial charge in [0.2, 0.25) is 17.7 Å². The standard InChI is InChI=1S/C40H50N6O7/c1-5-7-20-32(48)43(4)27(3)35(28-16-10-8-11-17-28)52-39(51)33-31-21-22-40(53-31)34(33)37(49)45(24-14-9-15-25-47)36(40)38(50)44(23-6-2)26-46-30-19-13-12-18-29(30)41-42-46/h5-6,8,10-13,16-19,27,31,33-36,47H,1-2,7,9,14-15,20-26H2,3-4H3/t27-,31+,33-,34-,35+,36+,40-/m0/s1. The number of allylic oxidation sites excluding steroid dienone is 1. The van der Waals surface area contributed by atoms with Crippen LogP contribution in [0.4, 0.5) is 0 Å². The van der Waals surface area contributed by atoms with E-state index in [0.29, 0.717) is 49.6 Å². The van der Waals surface area contributed by atoms with Crippen LogP contribution in [-0.4, -0.2) is 109 Å². The van der Waals surface area contributed by atoms with Gasteiger partial charge < -0.3 is 29.3 Å². The maximum Gasteiger partial charge on any atom is 0.313 e. The average Bonchev–Trinajstić information content (AvgIpc) is 3.93. The first-order valence-corrected chi connectivity index (χ1v) is 18.6. The molecule has 4 heterocycles. The van der Waals surface area contributed by atoms with Crippen molar-refractivity contribution in [2.24, 2.45) is 11.8 Å². The van der Waals surface area contributed by atoms with Crippen LogP contribution in [0.1, 0.15) is 63.5 Å². The summed E-state index contributed by atoms with van der Waals surface area (Å²) in [7, 11) is 1.69. The molecule has 6 rings (SSSR count). The lowest BCUT2D eigenvalue weighted by atomic mass is 9.70. The quantitative estimate of drug-likeness (QED) is 0.117. The van der Waals surface area contributed by atoms with Crippen LogP contribution in [0.25, 0.3) is 11.0 Å². The number of nitrogens with zero attached hydrogens (tertiary/aromatic N) is 6. The highest BCUT2D eigenvalue weighted by atomic mass is 16.6. The number of rotatable bonds is 18. The lowest BCUT2D eigenvalue weighted by molar-refractivity contribution is -0.164. The molecule has 3 aromatic rings. The van der Waals surface area contributed by atoms with Crippen LogP contribution < -0.4 is 0 Å². The number of amides is 3. The van der Waals surface area contributed by atoms with Crippen molar-refractivity contribution in [2.75, 3.05) is 26.7 Å². The van der Waals surface area contributed by atoms with Gasteiger partial charge in [0.15, 0.2) is 0 Å². The molecule has 0 aliphatic carbocycles. The second-order valence-electron chi connectivity index (χ2n) is 14.3. The minimum atomic E-state index is -1.24. The normalized spacial score (nSPS) is 24.1. The van der Waals surface area contributed by atoms with Crippen LogP contribution >= 0.6 is 0 Å². The van der Waals surface area contributed by atoms with E-state index in [-0.39, 0.29) is 50.5 Å². The molecule has 3 aliphatic heterocycles. The number of para-hydroxylation sites is 1. The smallest absolute Gasteiger partial charge is 0.313 e. The van der Waals surface area contributed by atoms with E-state index in [1.165, 1.54) is 0 Å². The molecule has 3 amide bonds. The Balaban J connectivity index is 1.31. The summed E-state index contributed by atoms with van der Waals surface area (Å²) in [6, 6.07) is 15.2. The van der Waals surface area contributed by atoms with Gasteiger partial charge in [0, 0.05) is 33.2 Å². The number of aliphatic hydroxyl groups is 1. The van der Waals surface area contributed by atoms with Crippen molar-refractivity contribution in [3.05, 3.63) is 85.5 Å². The topological polar surface area (TPSA) is 147 Å². The number of unbranched alkanes of at least 4 members (excludes halogenated alkanes) is 2. The van der Waals surface area contributed by atoms with Gasteiger partial charge in [-0.1, -0.05) is 59.8 Å². The van der Waals surface area contributed by atoms with Gasteiger partial charge in [-0.25, -0.2) is 4.68 Å². The fourth-order valence-electron chi connectivity index (χ4n) is 8.36. The zero-order valence-corrected chi connectivity index (χ0v) is 30.6. The van der Waals surface area contributed by atoms with E-state index >= 15 is 0 Å². The Labute approximate surface area is 310 Å². The maximum absolute atomic E-state index is 14.9. The van der Waals surface area contributed by atoms with Gasteiger partial charge in [0.1, 0.15) is 29.9 Å². The fraction of sp³-hybridized carbons (Fsp3) is 0.500. The molecular weight excluding hydrogens is 676 g/mol. The van der Waals surface area contributed by atoms with Crippen LogP contribution in [0.15, 0.2) is 79.9 Å². The highest BCUT2D eigenvalue weighted by Crippen LogP contribution is 2.59. The first kappa shape index (κ1) is 37.9. The van der Waals surface area contributed by atoms with E-state index in [0.717, 1.165) is 5.52 Å². The number of likely N-dealkylation sites (tertiary alicyclic amines) is 1.